The second kappa shape index (κ2) is 44.2. The maximum Gasteiger partial charge on any atom is 0.305 e. The maximum absolute atomic E-state index is 12.7. The van der Waals surface area contributed by atoms with Crippen LogP contribution < -0.4 is 5.32 Å². The zero-order valence-electron chi connectivity index (χ0n) is 36.1. The first-order chi connectivity index (χ1) is 27.5. The van der Waals surface area contributed by atoms with Gasteiger partial charge in [-0.15, -0.1) is 0 Å². The lowest BCUT2D eigenvalue weighted by molar-refractivity contribution is -0.147. The lowest BCUT2D eigenvalue weighted by Crippen LogP contribution is -2.41. The molecule has 0 aromatic rings. The molecule has 1 amide bonds. The van der Waals surface area contributed by atoms with E-state index in [1.54, 1.807) is 0 Å². The largest absolute Gasteiger partial charge is 0.463 e. The van der Waals surface area contributed by atoms with Crippen molar-refractivity contribution in [2.24, 2.45) is 0 Å². The van der Waals surface area contributed by atoms with Crippen molar-refractivity contribution in [1.29, 1.82) is 0 Å². The zero-order valence-corrected chi connectivity index (χ0v) is 37.0. The van der Waals surface area contributed by atoms with Crippen LogP contribution >= 0.6 is 11.8 Å². The molecule has 328 valence electrons. The number of carbonyl (C=O) groups is 3. The predicted molar refractivity (Wildman–Crippen MR) is 236 cm³/mol. The third-order valence-electron chi connectivity index (χ3n) is 9.97. The summed E-state index contributed by atoms with van der Waals surface area (Å²) in [6.45, 7) is 5.71. The van der Waals surface area contributed by atoms with Crippen LogP contribution in [0.4, 0.5) is 4.79 Å². The van der Waals surface area contributed by atoms with Crippen molar-refractivity contribution >= 4 is 28.9 Å². The maximum atomic E-state index is 12.7. The Morgan fingerprint density at radius 1 is 0.536 bits per heavy atom. The highest BCUT2D eigenvalue weighted by Gasteiger charge is 2.18. The van der Waals surface area contributed by atoms with Crippen molar-refractivity contribution in [2.75, 3.05) is 51.8 Å². The minimum absolute atomic E-state index is 0.0241. The quantitative estimate of drug-likeness (QED) is 0.0314. The van der Waals surface area contributed by atoms with E-state index in [4.69, 9.17) is 9.47 Å². The van der Waals surface area contributed by atoms with Gasteiger partial charge in [0.25, 0.3) is 5.24 Å². The minimum atomic E-state index is -0.642. The molecule has 0 aromatic carbocycles. The summed E-state index contributed by atoms with van der Waals surface area (Å²) in [7, 11) is 0. The molecule has 3 N–H and O–H groups in total. The number of thioether (sulfide) groups is 1. The molecule has 0 unspecified atom stereocenters. The van der Waals surface area contributed by atoms with E-state index in [0.29, 0.717) is 38.2 Å². The van der Waals surface area contributed by atoms with Gasteiger partial charge in [-0.1, -0.05) is 153 Å². The second-order valence-electron chi connectivity index (χ2n) is 15.3. The molecular weight excluding hydrogens is 725 g/mol. The molecule has 0 fully saturated rings. The number of rotatable bonds is 42. The molecule has 10 heteroatoms. The molecule has 56 heavy (non-hydrogen) atoms. The summed E-state index contributed by atoms with van der Waals surface area (Å²) in [4.78, 5) is 39.7. The van der Waals surface area contributed by atoms with E-state index in [0.717, 1.165) is 76.0 Å². The Balaban J connectivity index is 4.38. The van der Waals surface area contributed by atoms with Crippen LogP contribution in [-0.4, -0.2) is 90.1 Å². The van der Waals surface area contributed by atoms with E-state index in [1.165, 1.54) is 103 Å². The van der Waals surface area contributed by atoms with Crippen molar-refractivity contribution in [3.63, 3.8) is 0 Å². The molecule has 0 aliphatic rings. The first-order valence-electron chi connectivity index (χ1n) is 22.9. The van der Waals surface area contributed by atoms with Crippen molar-refractivity contribution < 1.29 is 34.1 Å². The number of esters is 2. The predicted octanol–water partition coefficient (Wildman–Crippen LogP) is 11.2. The average Bonchev–Trinajstić information content (AvgIpc) is 3.19. The van der Waals surface area contributed by atoms with Crippen molar-refractivity contribution in [2.45, 2.75) is 200 Å². The third-order valence-corrected chi connectivity index (χ3v) is 10.7. The van der Waals surface area contributed by atoms with Gasteiger partial charge in [-0.05, 0) is 64.2 Å². The van der Waals surface area contributed by atoms with Gasteiger partial charge in [0.05, 0.1) is 19.3 Å². The average molecular weight is 811 g/mol. The van der Waals surface area contributed by atoms with Crippen LogP contribution in [0.25, 0.3) is 0 Å². The third kappa shape index (κ3) is 40.3. The molecule has 0 saturated carbocycles. The smallest absolute Gasteiger partial charge is 0.305 e. The number of allylic oxidation sites excluding steroid dienone is 4. The fourth-order valence-corrected chi connectivity index (χ4v) is 7.22. The number of unbranched alkanes of at least 4 members (excludes halogenated alkanes) is 22. The summed E-state index contributed by atoms with van der Waals surface area (Å²) in [6.07, 6.45) is 40.9. The van der Waals surface area contributed by atoms with Gasteiger partial charge >= 0.3 is 11.9 Å². The van der Waals surface area contributed by atoms with Gasteiger partial charge < -0.3 is 25.0 Å². The summed E-state index contributed by atoms with van der Waals surface area (Å²) in [6, 6.07) is -0.642. The Labute approximate surface area is 348 Å². The van der Waals surface area contributed by atoms with Gasteiger partial charge in [-0.3, -0.25) is 19.3 Å². The van der Waals surface area contributed by atoms with E-state index >= 15 is 0 Å². The van der Waals surface area contributed by atoms with E-state index in [1.807, 2.05) is 4.90 Å². The number of nitrogens with zero attached hydrogens (tertiary/aromatic N) is 1. The second-order valence-corrected chi connectivity index (χ2v) is 16.4. The molecule has 9 nitrogen and oxygen atoms in total. The van der Waals surface area contributed by atoms with Gasteiger partial charge in [0.1, 0.15) is 13.2 Å². The fraction of sp³-hybridized carbons (Fsp3) is 0.848. The Kier molecular flexibility index (Phi) is 42.7. The fourth-order valence-electron chi connectivity index (χ4n) is 6.44. The number of aliphatic hydroxyl groups excluding tert-OH is 2. The molecule has 0 aliphatic heterocycles. The number of hydrogen-bond acceptors (Lipinski definition) is 9. The van der Waals surface area contributed by atoms with Gasteiger partial charge in [-0.2, -0.15) is 0 Å². The molecule has 0 aliphatic carbocycles. The number of nitrogens with one attached hydrogen (secondary N) is 1. The Bertz CT molecular complexity index is 886. The van der Waals surface area contributed by atoms with Gasteiger partial charge in [0.15, 0.2) is 0 Å². The van der Waals surface area contributed by atoms with E-state index in [-0.39, 0.29) is 43.6 Å². The number of hydrogen-bond donors (Lipinski definition) is 3. The summed E-state index contributed by atoms with van der Waals surface area (Å²) in [5.41, 5.74) is 0. The molecule has 0 aromatic heterocycles. The molecule has 0 saturated heterocycles. The highest BCUT2D eigenvalue weighted by Crippen LogP contribution is 2.13. The van der Waals surface area contributed by atoms with Crippen LogP contribution in [0.1, 0.15) is 194 Å². The Morgan fingerprint density at radius 3 is 1.27 bits per heavy atom. The van der Waals surface area contributed by atoms with Crippen LogP contribution in [-0.2, 0) is 19.1 Å². The Hall–Kier alpha value is -1.88. The lowest BCUT2D eigenvalue weighted by atomic mass is 10.1. The number of amides is 1. The first kappa shape index (κ1) is 54.1. The van der Waals surface area contributed by atoms with Crippen LogP contribution in [0, 0.1) is 0 Å². The van der Waals surface area contributed by atoms with Crippen LogP contribution in [0.5, 0.6) is 0 Å². The summed E-state index contributed by atoms with van der Waals surface area (Å²) in [5.74, 6) is -0.154. The molecule has 0 rings (SSSR count). The molecule has 0 radical (unpaired) electrons. The highest BCUT2D eigenvalue weighted by molar-refractivity contribution is 8.13. The van der Waals surface area contributed by atoms with Crippen LogP contribution in [0.2, 0.25) is 0 Å². The SMILES string of the molecule is CCCCCCCC/C=C\CCCCCCCC(=O)OCC(COC(=O)CCCCCCC/C=C\CCCCCCCC)NC(=O)SCCN(CCO)CCO. The molecule has 0 bridgehead atoms. The monoisotopic (exact) mass is 811 g/mol. The molecule has 0 atom stereocenters. The standard InChI is InChI=1S/C46H86N2O7S/c1-3-5-7-9-11-13-15-17-19-21-23-25-27-29-31-33-44(51)54-41-43(47-46(53)56-40-37-48(35-38-49)36-39-50)42-55-45(52)34-32-30-28-26-24-22-20-18-16-14-12-10-8-6-4-2/h17-20,43,49-50H,3-16,21-42H2,1-2H3,(H,47,53)/b19-17-,20-18-. The number of carbonyl (C=O) groups excluding carboxylic acids is 3. The lowest BCUT2D eigenvalue weighted by Gasteiger charge is -2.21. The summed E-state index contributed by atoms with van der Waals surface area (Å²) in [5, 5.41) is 21.0. The topological polar surface area (TPSA) is 125 Å². The van der Waals surface area contributed by atoms with Gasteiger partial charge in [0, 0.05) is 38.2 Å². The van der Waals surface area contributed by atoms with E-state index < -0.39 is 6.04 Å². The van der Waals surface area contributed by atoms with E-state index in [9.17, 15) is 24.6 Å². The normalized spacial score (nSPS) is 11.8. The Morgan fingerprint density at radius 2 is 0.893 bits per heavy atom. The first-order valence-corrected chi connectivity index (χ1v) is 23.9. The van der Waals surface area contributed by atoms with Crippen molar-refractivity contribution in [1.82, 2.24) is 10.2 Å². The number of ether oxygens (including phenoxy) is 2. The van der Waals surface area contributed by atoms with Gasteiger partial charge in [0.2, 0.25) is 0 Å². The highest BCUT2D eigenvalue weighted by atomic mass is 32.2. The van der Waals surface area contributed by atoms with Crippen LogP contribution in [0.3, 0.4) is 0 Å². The number of aliphatic hydroxyl groups is 2. The van der Waals surface area contributed by atoms with Crippen LogP contribution in [0.15, 0.2) is 24.3 Å². The van der Waals surface area contributed by atoms with E-state index in [2.05, 4.69) is 43.5 Å². The molecule has 0 heterocycles. The molecular formula is C46H86N2O7S. The van der Waals surface area contributed by atoms with Crippen molar-refractivity contribution in [3.8, 4) is 0 Å². The summed E-state index contributed by atoms with van der Waals surface area (Å²) >= 11 is 1.07. The minimum Gasteiger partial charge on any atom is -0.463 e. The van der Waals surface area contributed by atoms with Gasteiger partial charge in [-0.25, -0.2) is 0 Å². The zero-order chi connectivity index (χ0) is 41.0. The molecule has 0 spiro atoms. The summed E-state index contributed by atoms with van der Waals surface area (Å²) < 4.78 is 11.0. The van der Waals surface area contributed by atoms with Crippen molar-refractivity contribution in [3.05, 3.63) is 24.3 Å².